The third-order valence-electron chi connectivity index (χ3n) is 2.80. The lowest BCUT2D eigenvalue weighted by Gasteiger charge is -2.28. The molecule has 2 saturated heterocycles. The van der Waals surface area contributed by atoms with E-state index in [-0.39, 0.29) is 0 Å². The van der Waals surface area contributed by atoms with Gasteiger partial charge in [-0.25, -0.2) is 4.72 Å². The second kappa shape index (κ2) is 4.14. The van der Waals surface area contributed by atoms with Gasteiger partial charge in [-0.05, 0) is 25.8 Å². The quantitative estimate of drug-likeness (QED) is 0.644. The number of hydrogen-bond acceptors (Lipinski definition) is 3. The Bertz CT molecular complexity index is 285. The number of rotatable bonds is 2. The van der Waals surface area contributed by atoms with Crippen molar-refractivity contribution in [3.8, 4) is 0 Å². The monoisotopic (exact) mass is 219 g/mol. The highest BCUT2D eigenvalue weighted by Crippen LogP contribution is 2.11. The van der Waals surface area contributed by atoms with Crippen LogP contribution in [0, 0.1) is 0 Å². The van der Waals surface area contributed by atoms with Gasteiger partial charge < -0.3 is 5.32 Å². The minimum Gasteiger partial charge on any atom is -0.313 e. The summed E-state index contributed by atoms with van der Waals surface area (Å²) >= 11 is 0. The van der Waals surface area contributed by atoms with Crippen molar-refractivity contribution in [2.24, 2.45) is 0 Å². The molecule has 0 aliphatic carbocycles. The molecule has 0 radical (unpaired) electrons. The third-order valence-corrected chi connectivity index (χ3v) is 4.38. The molecule has 2 rings (SSSR count). The van der Waals surface area contributed by atoms with E-state index < -0.39 is 10.2 Å². The standard InChI is InChI=1S/C8H17N3O2S/c12-14(13)10-5-2-6-11(14)7-8-3-1-4-9-8/h8-10H,1-7H2/t8-/m0/s1. The fraction of sp³-hybridized carbons (Fsp3) is 1.00. The molecule has 82 valence electrons. The van der Waals surface area contributed by atoms with Crippen LogP contribution in [0.1, 0.15) is 19.3 Å². The molecular weight excluding hydrogens is 202 g/mol. The van der Waals surface area contributed by atoms with Crippen LogP contribution < -0.4 is 10.0 Å². The predicted molar refractivity (Wildman–Crippen MR) is 54.1 cm³/mol. The van der Waals surface area contributed by atoms with Gasteiger partial charge in [0.05, 0.1) is 0 Å². The van der Waals surface area contributed by atoms with Crippen molar-refractivity contribution < 1.29 is 8.42 Å². The van der Waals surface area contributed by atoms with Crippen LogP contribution in [-0.2, 0) is 10.2 Å². The maximum absolute atomic E-state index is 11.6. The summed E-state index contributed by atoms with van der Waals surface area (Å²) in [7, 11) is -3.17. The molecule has 5 nitrogen and oxygen atoms in total. The summed E-state index contributed by atoms with van der Waals surface area (Å²) < 4.78 is 27.2. The van der Waals surface area contributed by atoms with Gasteiger partial charge in [-0.15, -0.1) is 0 Å². The molecule has 0 unspecified atom stereocenters. The number of nitrogens with one attached hydrogen (secondary N) is 2. The van der Waals surface area contributed by atoms with Gasteiger partial charge in [0.1, 0.15) is 0 Å². The Morgan fingerprint density at radius 2 is 2.14 bits per heavy atom. The molecule has 2 heterocycles. The summed E-state index contributed by atoms with van der Waals surface area (Å²) in [5.41, 5.74) is 0. The smallest absolute Gasteiger partial charge is 0.279 e. The SMILES string of the molecule is O=S1(=O)NCCCN1C[C@@H]1CCCN1. The molecule has 0 amide bonds. The van der Waals surface area contributed by atoms with E-state index in [9.17, 15) is 8.42 Å². The zero-order valence-corrected chi connectivity index (χ0v) is 9.02. The van der Waals surface area contributed by atoms with E-state index >= 15 is 0 Å². The number of hydrogen-bond donors (Lipinski definition) is 2. The van der Waals surface area contributed by atoms with Crippen molar-refractivity contribution >= 4 is 10.2 Å². The van der Waals surface area contributed by atoms with Crippen molar-refractivity contribution in [1.82, 2.24) is 14.3 Å². The van der Waals surface area contributed by atoms with Gasteiger partial charge >= 0.3 is 0 Å². The van der Waals surface area contributed by atoms with Crippen molar-refractivity contribution in [2.75, 3.05) is 26.2 Å². The van der Waals surface area contributed by atoms with Crippen molar-refractivity contribution in [1.29, 1.82) is 0 Å². The first-order chi connectivity index (χ1) is 6.68. The van der Waals surface area contributed by atoms with E-state index in [1.165, 1.54) is 0 Å². The van der Waals surface area contributed by atoms with Gasteiger partial charge in [0.15, 0.2) is 0 Å². The van der Waals surface area contributed by atoms with Gasteiger partial charge in [0.2, 0.25) is 0 Å². The van der Waals surface area contributed by atoms with Gasteiger partial charge in [-0.2, -0.15) is 12.7 Å². The van der Waals surface area contributed by atoms with Crippen LogP contribution in [0.2, 0.25) is 0 Å². The van der Waals surface area contributed by atoms with Gasteiger partial charge in [-0.1, -0.05) is 0 Å². The molecule has 0 aromatic rings. The molecule has 1 atom stereocenters. The zero-order chi connectivity index (χ0) is 10.0. The molecule has 14 heavy (non-hydrogen) atoms. The summed E-state index contributed by atoms with van der Waals surface area (Å²) in [6, 6.07) is 0.352. The van der Waals surface area contributed by atoms with Crippen LogP contribution in [0.3, 0.4) is 0 Å². The van der Waals surface area contributed by atoms with Crippen LogP contribution in [-0.4, -0.2) is 44.9 Å². The van der Waals surface area contributed by atoms with Crippen molar-refractivity contribution in [3.05, 3.63) is 0 Å². The summed E-state index contributed by atoms with van der Waals surface area (Å²) in [6.45, 7) is 2.88. The predicted octanol–water partition coefficient (Wildman–Crippen LogP) is -0.721. The van der Waals surface area contributed by atoms with Crippen LogP contribution in [0.25, 0.3) is 0 Å². The lowest BCUT2D eigenvalue weighted by atomic mass is 10.2. The van der Waals surface area contributed by atoms with Crippen molar-refractivity contribution in [3.63, 3.8) is 0 Å². The van der Waals surface area contributed by atoms with Crippen LogP contribution in [0.15, 0.2) is 0 Å². The van der Waals surface area contributed by atoms with Gasteiger partial charge in [0.25, 0.3) is 10.2 Å². The average molecular weight is 219 g/mol. The minimum atomic E-state index is -3.17. The summed E-state index contributed by atoms with van der Waals surface area (Å²) in [4.78, 5) is 0. The Morgan fingerprint density at radius 3 is 2.79 bits per heavy atom. The second-order valence-electron chi connectivity index (χ2n) is 3.90. The molecule has 2 fully saturated rings. The average Bonchev–Trinajstić information content (AvgIpc) is 2.61. The molecule has 2 N–H and O–H groups in total. The molecule has 0 bridgehead atoms. The first-order valence-corrected chi connectivity index (χ1v) is 6.60. The van der Waals surface area contributed by atoms with E-state index in [2.05, 4.69) is 10.0 Å². The Labute approximate surface area is 85.0 Å². The lowest BCUT2D eigenvalue weighted by molar-refractivity contribution is 0.343. The van der Waals surface area contributed by atoms with Crippen LogP contribution >= 0.6 is 0 Å². The first-order valence-electron chi connectivity index (χ1n) is 5.16. The Morgan fingerprint density at radius 1 is 1.29 bits per heavy atom. The molecule has 0 aromatic heterocycles. The highest BCUT2D eigenvalue weighted by Gasteiger charge is 2.28. The third kappa shape index (κ3) is 2.25. The normalized spacial score (nSPS) is 33.3. The second-order valence-corrected chi connectivity index (χ2v) is 5.66. The fourth-order valence-electron chi connectivity index (χ4n) is 2.02. The molecule has 0 spiro atoms. The van der Waals surface area contributed by atoms with Crippen LogP contribution in [0.4, 0.5) is 0 Å². The molecule has 2 aliphatic rings. The first kappa shape index (κ1) is 10.4. The highest BCUT2D eigenvalue weighted by molar-refractivity contribution is 7.87. The maximum atomic E-state index is 11.6. The Kier molecular flexibility index (Phi) is 3.06. The summed E-state index contributed by atoms with van der Waals surface area (Å²) in [5.74, 6) is 0. The largest absolute Gasteiger partial charge is 0.313 e. The van der Waals surface area contributed by atoms with Gasteiger partial charge in [-0.3, -0.25) is 0 Å². The van der Waals surface area contributed by atoms with E-state index in [1.54, 1.807) is 4.31 Å². The zero-order valence-electron chi connectivity index (χ0n) is 8.20. The molecule has 6 heteroatoms. The lowest BCUT2D eigenvalue weighted by Crippen LogP contribution is -2.50. The van der Waals surface area contributed by atoms with E-state index in [0.717, 1.165) is 25.8 Å². The van der Waals surface area contributed by atoms with E-state index in [1.807, 2.05) is 0 Å². The summed E-state index contributed by atoms with van der Waals surface area (Å²) in [6.07, 6.45) is 3.16. The highest BCUT2D eigenvalue weighted by atomic mass is 32.2. The fourth-order valence-corrected chi connectivity index (χ4v) is 3.35. The Hall–Kier alpha value is -0.170. The Balaban J connectivity index is 1.94. The molecule has 2 aliphatic heterocycles. The molecular formula is C8H17N3O2S. The van der Waals surface area contributed by atoms with E-state index in [4.69, 9.17) is 0 Å². The van der Waals surface area contributed by atoms with Crippen LogP contribution in [0.5, 0.6) is 0 Å². The van der Waals surface area contributed by atoms with E-state index in [0.29, 0.717) is 25.7 Å². The maximum Gasteiger partial charge on any atom is 0.279 e. The number of nitrogens with zero attached hydrogens (tertiary/aromatic N) is 1. The topological polar surface area (TPSA) is 61.4 Å². The summed E-state index contributed by atoms with van der Waals surface area (Å²) in [5, 5.41) is 3.31. The molecule has 0 saturated carbocycles. The van der Waals surface area contributed by atoms with Crippen molar-refractivity contribution in [2.45, 2.75) is 25.3 Å². The van der Waals surface area contributed by atoms with Gasteiger partial charge in [0, 0.05) is 25.7 Å². The molecule has 0 aromatic carbocycles. The minimum absolute atomic E-state index is 0.352.